The minimum atomic E-state index is -0.0832. The first-order valence-electron chi connectivity index (χ1n) is 16.2. The number of nitrogens with one attached hydrogen (secondary N) is 2. The predicted molar refractivity (Wildman–Crippen MR) is 196 cm³/mol. The fourth-order valence-electron chi connectivity index (χ4n) is 6.07. The minimum absolute atomic E-state index is 0.0832. The molecule has 7 aromatic rings. The number of morpholine rings is 1. The minimum Gasteiger partial charge on any atom is -0.378 e. The lowest BCUT2D eigenvalue weighted by molar-refractivity contribution is -0.115. The molecule has 2 N–H and O–H groups in total. The molecule has 1 saturated heterocycles. The molecule has 3 aromatic heterocycles. The number of ether oxygens (including phenoxy) is 1. The van der Waals surface area contributed by atoms with Crippen LogP contribution in [0.3, 0.4) is 0 Å². The summed E-state index contributed by atoms with van der Waals surface area (Å²) < 4.78 is 7.54. The lowest BCUT2D eigenvalue weighted by Gasteiger charge is -2.28. The van der Waals surface area contributed by atoms with Crippen LogP contribution in [0, 0.1) is 0 Å². The zero-order valence-corrected chi connectivity index (χ0v) is 27.4. The molecule has 0 saturated carbocycles. The highest BCUT2D eigenvalue weighted by Crippen LogP contribution is 2.35. The molecule has 0 spiro atoms. The third-order valence-corrected chi connectivity index (χ3v) is 9.26. The fraction of sp³-hybridized carbons (Fsp3) is 0.128. The van der Waals surface area contributed by atoms with E-state index >= 15 is 0 Å². The summed E-state index contributed by atoms with van der Waals surface area (Å²) in [5.74, 6) is 0.408. The van der Waals surface area contributed by atoms with Crippen LogP contribution in [0.15, 0.2) is 127 Å². The number of nitrogens with zero attached hydrogens (tertiary/aromatic N) is 5. The second-order valence-electron chi connectivity index (χ2n) is 11.8. The lowest BCUT2D eigenvalue weighted by atomic mass is 10.0. The SMILES string of the molecule is O=C(Cc1ccc(-c2ccccc2)cc1)Nc1cccc(-c2nc3sccn3c2-c2ccnc(Nc3ccc(N4CCOCC4)cc3)n2)c1. The van der Waals surface area contributed by atoms with Gasteiger partial charge in [0.2, 0.25) is 11.9 Å². The highest BCUT2D eigenvalue weighted by molar-refractivity contribution is 7.15. The summed E-state index contributed by atoms with van der Waals surface area (Å²) in [5, 5.41) is 8.45. The van der Waals surface area contributed by atoms with Crippen molar-refractivity contribution in [1.29, 1.82) is 0 Å². The molecule has 1 aliphatic rings. The van der Waals surface area contributed by atoms with Crippen molar-refractivity contribution in [1.82, 2.24) is 19.4 Å². The number of aromatic nitrogens is 4. The van der Waals surface area contributed by atoms with E-state index in [-0.39, 0.29) is 12.3 Å². The van der Waals surface area contributed by atoms with Crippen LogP contribution in [0.4, 0.5) is 23.0 Å². The maximum absolute atomic E-state index is 13.1. The van der Waals surface area contributed by atoms with Crippen molar-refractivity contribution < 1.29 is 9.53 Å². The van der Waals surface area contributed by atoms with Crippen LogP contribution in [0.25, 0.3) is 38.7 Å². The van der Waals surface area contributed by atoms with Crippen molar-refractivity contribution in [2.45, 2.75) is 6.42 Å². The van der Waals surface area contributed by atoms with Crippen LogP contribution in [-0.4, -0.2) is 51.6 Å². The molecule has 0 aliphatic carbocycles. The van der Waals surface area contributed by atoms with Gasteiger partial charge < -0.3 is 20.3 Å². The number of imidazole rings is 1. The second kappa shape index (κ2) is 13.7. The van der Waals surface area contributed by atoms with E-state index in [1.165, 1.54) is 5.69 Å². The second-order valence-corrected chi connectivity index (χ2v) is 12.6. The summed E-state index contributed by atoms with van der Waals surface area (Å²) in [5.41, 5.74) is 9.24. The Labute approximate surface area is 287 Å². The molecular formula is C39H33N7O2S. The number of anilines is 4. The number of carbonyl (C=O) groups is 1. The smallest absolute Gasteiger partial charge is 0.228 e. The fourth-order valence-corrected chi connectivity index (χ4v) is 6.78. The Morgan fingerprint density at radius 1 is 0.796 bits per heavy atom. The van der Waals surface area contributed by atoms with E-state index in [2.05, 4.69) is 56.9 Å². The molecular weight excluding hydrogens is 631 g/mol. The van der Waals surface area contributed by atoms with Crippen LogP contribution < -0.4 is 15.5 Å². The van der Waals surface area contributed by atoms with Crippen LogP contribution in [0.5, 0.6) is 0 Å². The number of hydrogen-bond acceptors (Lipinski definition) is 8. The Bertz CT molecular complexity index is 2210. The van der Waals surface area contributed by atoms with Gasteiger partial charge in [-0.05, 0) is 59.2 Å². The third kappa shape index (κ3) is 6.78. The van der Waals surface area contributed by atoms with E-state index in [0.29, 0.717) is 11.6 Å². The molecule has 0 bridgehead atoms. The van der Waals surface area contributed by atoms with E-state index < -0.39 is 0 Å². The molecule has 1 amide bonds. The zero-order valence-electron chi connectivity index (χ0n) is 26.6. The van der Waals surface area contributed by atoms with Gasteiger partial charge in [-0.25, -0.2) is 15.0 Å². The van der Waals surface area contributed by atoms with Gasteiger partial charge >= 0.3 is 0 Å². The molecule has 9 nitrogen and oxygen atoms in total. The van der Waals surface area contributed by atoms with Crippen LogP contribution in [0.1, 0.15) is 5.56 Å². The number of fused-ring (bicyclic) bond motifs is 1. The monoisotopic (exact) mass is 663 g/mol. The van der Waals surface area contributed by atoms with E-state index in [4.69, 9.17) is 14.7 Å². The molecule has 4 heterocycles. The standard InChI is InChI=1S/C39H33N7O2S/c47-35(25-27-9-11-29(12-10-27)28-5-2-1-3-6-28)41-32-8-4-7-30(26-32)36-37(46-21-24-49-39(46)44-36)34-17-18-40-38(43-34)42-31-13-15-33(16-14-31)45-19-22-48-23-20-45/h1-18,21,24,26H,19-20,22-23,25H2,(H,41,47)(H,40,42,43). The molecule has 8 rings (SSSR count). The van der Waals surface area contributed by atoms with Gasteiger partial charge in [-0.2, -0.15) is 0 Å². The summed E-state index contributed by atoms with van der Waals surface area (Å²) in [6, 6.07) is 36.3. The molecule has 1 aliphatic heterocycles. The molecule has 0 radical (unpaired) electrons. The van der Waals surface area contributed by atoms with E-state index in [0.717, 1.165) is 76.3 Å². The Hall–Kier alpha value is -5.84. The topological polar surface area (TPSA) is 96.7 Å². The quantitative estimate of drug-likeness (QED) is 0.162. The normalized spacial score (nSPS) is 13.0. The van der Waals surface area contributed by atoms with Crippen molar-refractivity contribution in [3.05, 3.63) is 133 Å². The van der Waals surface area contributed by atoms with Gasteiger partial charge in [0.25, 0.3) is 0 Å². The first-order chi connectivity index (χ1) is 24.2. The average molecular weight is 664 g/mol. The number of hydrogen-bond donors (Lipinski definition) is 2. The van der Waals surface area contributed by atoms with E-state index in [1.54, 1.807) is 17.5 Å². The Kier molecular flexibility index (Phi) is 8.54. The average Bonchev–Trinajstić information content (AvgIpc) is 3.75. The Morgan fingerprint density at radius 3 is 2.39 bits per heavy atom. The third-order valence-electron chi connectivity index (χ3n) is 8.51. The molecule has 4 aromatic carbocycles. The Morgan fingerprint density at radius 2 is 1.57 bits per heavy atom. The predicted octanol–water partition coefficient (Wildman–Crippen LogP) is 7.95. The molecule has 49 heavy (non-hydrogen) atoms. The van der Waals surface area contributed by atoms with Crippen molar-refractivity contribution in [2.24, 2.45) is 0 Å². The van der Waals surface area contributed by atoms with Gasteiger partial charge in [-0.1, -0.05) is 66.7 Å². The molecule has 242 valence electrons. The number of carbonyl (C=O) groups excluding carboxylic acids is 1. The van der Waals surface area contributed by atoms with Gasteiger partial charge in [0, 0.05) is 53.5 Å². The lowest BCUT2D eigenvalue weighted by Crippen LogP contribution is -2.36. The number of rotatable bonds is 9. The maximum atomic E-state index is 13.1. The molecule has 0 unspecified atom stereocenters. The highest BCUT2D eigenvalue weighted by atomic mass is 32.1. The first-order valence-corrected chi connectivity index (χ1v) is 17.1. The van der Waals surface area contributed by atoms with Gasteiger partial charge in [0.15, 0.2) is 4.96 Å². The number of benzene rings is 4. The van der Waals surface area contributed by atoms with Crippen LogP contribution >= 0.6 is 11.3 Å². The van der Waals surface area contributed by atoms with Gasteiger partial charge in [0.05, 0.1) is 31.0 Å². The zero-order chi connectivity index (χ0) is 33.0. The highest BCUT2D eigenvalue weighted by Gasteiger charge is 2.19. The summed E-state index contributed by atoms with van der Waals surface area (Å²) in [4.78, 5) is 30.7. The number of thiazole rings is 1. The van der Waals surface area contributed by atoms with Gasteiger partial charge in [0.1, 0.15) is 5.69 Å². The number of amides is 1. The van der Waals surface area contributed by atoms with Gasteiger partial charge in [-0.15, -0.1) is 11.3 Å². The van der Waals surface area contributed by atoms with Crippen LogP contribution in [-0.2, 0) is 16.0 Å². The Balaban J connectivity index is 1.00. The van der Waals surface area contributed by atoms with Crippen LogP contribution in [0.2, 0.25) is 0 Å². The van der Waals surface area contributed by atoms with Gasteiger partial charge in [-0.3, -0.25) is 9.20 Å². The van der Waals surface area contributed by atoms with E-state index in [9.17, 15) is 4.79 Å². The summed E-state index contributed by atoms with van der Waals surface area (Å²) in [6.07, 6.45) is 4.03. The maximum Gasteiger partial charge on any atom is 0.228 e. The van der Waals surface area contributed by atoms with Crippen molar-refractivity contribution in [3.8, 4) is 33.8 Å². The summed E-state index contributed by atoms with van der Waals surface area (Å²) >= 11 is 1.56. The summed E-state index contributed by atoms with van der Waals surface area (Å²) in [7, 11) is 0. The summed E-state index contributed by atoms with van der Waals surface area (Å²) in [6.45, 7) is 3.28. The van der Waals surface area contributed by atoms with Crippen molar-refractivity contribution in [3.63, 3.8) is 0 Å². The largest absolute Gasteiger partial charge is 0.378 e. The van der Waals surface area contributed by atoms with E-state index in [1.807, 2.05) is 88.8 Å². The van der Waals surface area contributed by atoms with Crippen molar-refractivity contribution >= 4 is 45.2 Å². The van der Waals surface area contributed by atoms with Crippen molar-refractivity contribution in [2.75, 3.05) is 41.8 Å². The molecule has 0 atom stereocenters. The molecule has 1 fully saturated rings. The first kappa shape index (κ1) is 30.5. The molecule has 10 heteroatoms.